The first-order chi connectivity index (χ1) is 9.02. The Labute approximate surface area is 118 Å². The maximum atomic E-state index is 2.66. The first-order valence-electron chi connectivity index (χ1n) is 7.59. The number of likely N-dealkylation sites (N-methyl/N-ethyl adjacent to an activating group) is 1. The van der Waals surface area contributed by atoms with Crippen LogP contribution >= 0.6 is 0 Å². The van der Waals surface area contributed by atoms with E-state index in [0.29, 0.717) is 18.1 Å². The van der Waals surface area contributed by atoms with Crippen LogP contribution in [0.1, 0.15) is 44.9 Å². The van der Waals surface area contributed by atoms with Gasteiger partial charge in [-0.2, -0.15) is 0 Å². The summed E-state index contributed by atoms with van der Waals surface area (Å²) in [6.45, 7) is 15.0. The molecule has 1 aliphatic heterocycles. The maximum absolute atomic E-state index is 2.66. The lowest BCUT2D eigenvalue weighted by molar-refractivity contribution is 0.0216. The lowest BCUT2D eigenvalue weighted by Gasteiger charge is -2.46. The van der Waals surface area contributed by atoms with Crippen LogP contribution in [-0.2, 0) is 0 Å². The van der Waals surface area contributed by atoms with Crippen LogP contribution < -0.4 is 0 Å². The minimum atomic E-state index is 0.511. The number of aryl methyl sites for hydroxylation is 1. The van der Waals surface area contributed by atoms with Gasteiger partial charge in [-0.1, -0.05) is 36.8 Å². The molecule has 0 aliphatic carbocycles. The van der Waals surface area contributed by atoms with E-state index < -0.39 is 0 Å². The van der Waals surface area contributed by atoms with Gasteiger partial charge in [0.25, 0.3) is 0 Å². The van der Waals surface area contributed by atoms with Gasteiger partial charge in [0.05, 0.1) is 0 Å². The Morgan fingerprint density at radius 2 is 1.95 bits per heavy atom. The molecule has 1 heterocycles. The van der Waals surface area contributed by atoms with E-state index >= 15 is 0 Å². The Hall–Kier alpha value is -0.860. The molecular formula is C17H28N2. The molecule has 1 aromatic rings. The quantitative estimate of drug-likeness (QED) is 0.821. The number of hydrogen-bond acceptors (Lipinski definition) is 2. The molecule has 0 bridgehead atoms. The zero-order chi connectivity index (χ0) is 14.0. The molecule has 0 N–H and O–H groups in total. The SMILES string of the molecule is CCN1C[C@H](C)N([C@@H](C)c2cccc(C)c2)C[C@H]1C. The van der Waals surface area contributed by atoms with Gasteiger partial charge in [0.1, 0.15) is 0 Å². The van der Waals surface area contributed by atoms with Crippen molar-refractivity contribution in [1.29, 1.82) is 0 Å². The van der Waals surface area contributed by atoms with E-state index in [1.54, 1.807) is 0 Å². The zero-order valence-electron chi connectivity index (χ0n) is 13.1. The lowest BCUT2D eigenvalue weighted by Crippen LogP contribution is -2.56. The van der Waals surface area contributed by atoms with Crippen molar-refractivity contribution in [2.45, 2.75) is 52.7 Å². The second-order valence-electron chi connectivity index (χ2n) is 6.07. The molecule has 2 heteroatoms. The van der Waals surface area contributed by atoms with Crippen LogP contribution in [0.3, 0.4) is 0 Å². The van der Waals surface area contributed by atoms with Gasteiger partial charge in [-0.05, 0) is 39.8 Å². The fourth-order valence-corrected chi connectivity index (χ4v) is 3.33. The number of piperazine rings is 1. The molecule has 19 heavy (non-hydrogen) atoms. The Bertz CT molecular complexity index is 415. The average Bonchev–Trinajstić information content (AvgIpc) is 2.40. The smallest absolute Gasteiger partial charge is 0.0323 e. The van der Waals surface area contributed by atoms with E-state index in [2.05, 4.69) is 68.7 Å². The van der Waals surface area contributed by atoms with Gasteiger partial charge in [0.2, 0.25) is 0 Å². The first kappa shape index (κ1) is 14.5. The van der Waals surface area contributed by atoms with Gasteiger partial charge in [-0.3, -0.25) is 9.80 Å². The van der Waals surface area contributed by atoms with Crippen molar-refractivity contribution in [2.75, 3.05) is 19.6 Å². The van der Waals surface area contributed by atoms with E-state index in [0.717, 1.165) is 6.54 Å². The molecule has 0 aromatic heterocycles. The molecule has 0 spiro atoms. The van der Waals surface area contributed by atoms with E-state index in [9.17, 15) is 0 Å². The minimum absolute atomic E-state index is 0.511. The van der Waals surface area contributed by atoms with Crippen LogP contribution in [0.4, 0.5) is 0 Å². The van der Waals surface area contributed by atoms with Crippen LogP contribution in [0.15, 0.2) is 24.3 Å². The highest BCUT2D eigenvalue weighted by Crippen LogP contribution is 2.27. The van der Waals surface area contributed by atoms with Crippen LogP contribution in [0.25, 0.3) is 0 Å². The van der Waals surface area contributed by atoms with Gasteiger partial charge in [-0.15, -0.1) is 0 Å². The lowest BCUT2D eigenvalue weighted by atomic mass is 10.00. The average molecular weight is 260 g/mol. The zero-order valence-corrected chi connectivity index (χ0v) is 13.1. The van der Waals surface area contributed by atoms with Crippen LogP contribution in [0, 0.1) is 6.92 Å². The summed E-state index contributed by atoms with van der Waals surface area (Å²) in [6, 6.07) is 10.8. The van der Waals surface area contributed by atoms with Gasteiger partial charge < -0.3 is 0 Å². The Morgan fingerprint density at radius 1 is 1.21 bits per heavy atom. The minimum Gasteiger partial charge on any atom is -0.298 e. The van der Waals surface area contributed by atoms with Crippen molar-refractivity contribution >= 4 is 0 Å². The molecule has 1 saturated heterocycles. The topological polar surface area (TPSA) is 6.48 Å². The standard InChI is InChI=1S/C17H28N2/c1-6-18-11-15(4)19(12-14(18)3)16(5)17-9-7-8-13(2)10-17/h7-10,14-16H,6,11-12H2,1-5H3/t14-,15+,16+/m1/s1. The van der Waals surface area contributed by atoms with E-state index in [1.165, 1.54) is 24.2 Å². The molecule has 1 aromatic carbocycles. The number of nitrogens with zero attached hydrogens (tertiary/aromatic N) is 2. The van der Waals surface area contributed by atoms with Gasteiger partial charge in [0.15, 0.2) is 0 Å². The molecule has 0 amide bonds. The molecule has 2 rings (SSSR count). The molecule has 1 fully saturated rings. The van der Waals surface area contributed by atoms with Crippen LogP contribution in [0.5, 0.6) is 0 Å². The molecule has 106 valence electrons. The molecular weight excluding hydrogens is 232 g/mol. The fraction of sp³-hybridized carbons (Fsp3) is 0.647. The summed E-state index contributed by atoms with van der Waals surface area (Å²) in [4.78, 5) is 5.25. The number of benzene rings is 1. The van der Waals surface area contributed by atoms with E-state index in [1.807, 2.05) is 0 Å². The van der Waals surface area contributed by atoms with Crippen molar-refractivity contribution in [2.24, 2.45) is 0 Å². The van der Waals surface area contributed by atoms with Gasteiger partial charge in [0, 0.05) is 31.2 Å². The highest BCUT2D eigenvalue weighted by Gasteiger charge is 2.31. The second kappa shape index (κ2) is 6.06. The molecule has 3 atom stereocenters. The molecule has 2 nitrogen and oxygen atoms in total. The summed E-state index contributed by atoms with van der Waals surface area (Å²) < 4.78 is 0. The monoisotopic (exact) mass is 260 g/mol. The summed E-state index contributed by atoms with van der Waals surface area (Å²) in [5, 5.41) is 0. The third kappa shape index (κ3) is 3.18. The summed E-state index contributed by atoms with van der Waals surface area (Å²) in [5.41, 5.74) is 2.81. The normalized spacial score (nSPS) is 27.4. The van der Waals surface area contributed by atoms with Crippen molar-refractivity contribution in [3.05, 3.63) is 35.4 Å². The summed E-state index contributed by atoms with van der Waals surface area (Å²) >= 11 is 0. The summed E-state index contributed by atoms with van der Waals surface area (Å²) in [5.74, 6) is 0. The van der Waals surface area contributed by atoms with E-state index in [4.69, 9.17) is 0 Å². The predicted molar refractivity (Wildman–Crippen MR) is 82.5 cm³/mol. The molecule has 0 unspecified atom stereocenters. The highest BCUT2D eigenvalue weighted by atomic mass is 15.3. The Balaban J connectivity index is 2.13. The van der Waals surface area contributed by atoms with Crippen LogP contribution in [-0.4, -0.2) is 41.5 Å². The van der Waals surface area contributed by atoms with Gasteiger partial charge >= 0.3 is 0 Å². The summed E-state index contributed by atoms with van der Waals surface area (Å²) in [7, 11) is 0. The molecule has 1 aliphatic rings. The second-order valence-corrected chi connectivity index (χ2v) is 6.07. The van der Waals surface area contributed by atoms with Crippen molar-refractivity contribution < 1.29 is 0 Å². The first-order valence-corrected chi connectivity index (χ1v) is 7.59. The molecule has 0 saturated carbocycles. The Kier molecular flexibility index (Phi) is 4.64. The highest BCUT2D eigenvalue weighted by molar-refractivity contribution is 5.25. The predicted octanol–water partition coefficient (Wildman–Crippen LogP) is 3.47. The summed E-state index contributed by atoms with van der Waals surface area (Å²) in [6.07, 6.45) is 0. The van der Waals surface area contributed by atoms with Crippen molar-refractivity contribution in [3.8, 4) is 0 Å². The molecule has 0 radical (unpaired) electrons. The third-order valence-corrected chi connectivity index (χ3v) is 4.59. The van der Waals surface area contributed by atoms with Crippen LogP contribution in [0.2, 0.25) is 0 Å². The van der Waals surface area contributed by atoms with Crippen molar-refractivity contribution in [1.82, 2.24) is 9.80 Å². The van der Waals surface area contributed by atoms with E-state index in [-0.39, 0.29) is 0 Å². The maximum Gasteiger partial charge on any atom is 0.0323 e. The number of hydrogen-bond donors (Lipinski definition) is 0. The Morgan fingerprint density at radius 3 is 2.58 bits per heavy atom. The van der Waals surface area contributed by atoms with Crippen molar-refractivity contribution in [3.63, 3.8) is 0 Å². The third-order valence-electron chi connectivity index (χ3n) is 4.59. The largest absolute Gasteiger partial charge is 0.298 e. The number of rotatable bonds is 3. The van der Waals surface area contributed by atoms with Gasteiger partial charge in [-0.25, -0.2) is 0 Å². The fourth-order valence-electron chi connectivity index (χ4n) is 3.33.